The van der Waals surface area contributed by atoms with E-state index in [0.29, 0.717) is 0 Å². The zero-order valence-corrected chi connectivity index (χ0v) is 10.3. The fourth-order valence-corrected chi connectivity index (χ4v) is 2.36. The van der Waals surface area contributed by atoms with Crippen LogP contribution in [0.25, 0.3) is 5.88 Å². The molecular weight excluding hydrogens is 222 g/mol. The van der Waals surface area contributed by atoms with E-state index >= 15 is 0 Å². The van der Waals surface area contributed by atoms with Gasteiger partial charge in [0.15, 0.2) is 5.16 Å². The number of hydrogen-bond donors (Lipinski definition) is 0. The summed E-state index contributed by atoms with van der Waals surface area (Å²) < 4.78 is 7.30. The Hall–Kier alpha value is -1.20. The molecule has 4 nitrogen and oxygen atoms in total. The molecule has 2 rings (SSSR count). The first-order valence-electron chi connectivity index (χ1n) is 5.12. The van der Waals surface area contributed by atoms with Crippen LogP contribution in [0.5, 0.6) is 0 Å². The number of thioether (sulfide) groups is 1. The molecule has 0 radical (unpaired) electrons. The zero-order valence-electron chi connectivity index (χ0n) is 9.46. The minimum Gasteiger partial charge on any atom is -0.448 e. The monoisotopic (exact) mass is 237 g/mol. The number of nitrogens with zero attached hydrogens (tertiary/aromatic N) is 3. The number of hydrogen-bond acceptors (Lipinski definition) is 4. The Morgan fingerprint density at radius 3 is 3.06 bits per heavy atom. The third-order valence-corrected chi connectivity index (χ3v) is 3.07. The second-order valence-corrected chi connectivity index (χ2v) is 4.74. The molecule has 0 bridgehead atoms. The summed E-state index contributed by atoms with van der Waals surface area (Å²) in [5, 5.41) is 0.969. The fourth-order valence-electron chi connectivity index (χ4n) is 1.29. The molecule has 0 N–H and O–H groups in total. The summed E-state index contributed by atoms with van der Waals surface area (Å²) in [7, 11) is 4.14. The molecule has 0 saturated heterocycles. The molecule has 0 spiro atoms. The number of imidazole rings is 1. The van der Waals surface area contributed by atoms with Gasteiger partial charge >= 0.3 is 0 Å². The van der Waals surface area contributed by atoms with Gasteiger partial charge in [-0.25, -0.2) is 4.98 Å². The third-order valence-electron chi connectivity index (χ3n) is 2.12. The topological polar surface area (TPSA) is 34.2 Å². The molecule has 0 amide bonds. The number of aromatic nitrogens is 2. The smallest absolute Gasteiger partial charge is 0.205 e. The first-order valence-corrected chi connectivity index (χ1v) is 6.10. The van der Waals surface area contributed by atoms with Crippen LogP contribution in [-0.4, -0.2) is 40.8 Å². The Labute approximate surface area is 99.3 Å². The lowest BCUT2D eigenvalue weighted by Gasteiger charge is -2.08. The average Bonchev–Trinajstić information content (AvgIpc) is 2.84. The quantitative estimate of drug-likeness (QED) is 0.746. The Morgan fingerprint density at radius 2 is 2.38 bits per heavy atom. The third kappa shape index (κ3) is 2.68. The van der Waals surface area contributed by atoms with E-state index in [9.17, 15) is 0 Å². The number of furan rings is 1. The summed E-state index contributed by atoms with van der Waals surface area (Å²) in [6, 6.07) is 3.81. The van der Waals surface area contributed by atoms with Gasteiger partial charge in [-0.1, -0.05) is 11.8 Å². The molecule has 0 fully saturated rings. The second kappa shape index (κ2) is 5.23. The molecule has 5 heteroatoms. The first kappa shape index (κ1) is 11.3. The molecule has 0 saturated carbocycles. The molecule has 0 aliphatic rings. The van der Waals surface area contributed by atoms with Crippen LogP contribution in [0.15, 0.2) is 40.4 Å². The van der Waals surface area contributed by atoms with Crippen LogP contribution in [0.1, 0.15) is 0 Å². The van der Waals surface area contributed by atoms with Crippen LogP contribution in [0.2, 0.25) is 0 Å². The Bertz CT molecular complexity index is 422. The molecule has 2 aromatic heterocycles. The minimum atomic E-state index is 0.810. The molecule has 2 aromatic rings. The molecule has 16 heavy (non-hydrogen) atoms. The highest BCUT2D eigenvalue weighted by Gasteiger charge is 2.07. The van der Waals surface area contributed by atoms with Crippen molar-refractivity contribution in [1.82, 2.24) is 14.5 Å². The molecule has 0 aliphatic heterocycles. The van der Waals surface area contributed by atoms with E-state index in [-0.39, 0.29) is 0 Å². The van der Waals surface area contributed by atoms with E-state index < -0.39 is 0 Å². The van der Waals surface area contributed by atoms with Crippen molar-refractivity contribution in [1.29, 1.82) is 0 Å². The lowest BCUT2D eigenvalue weighted by atomic mass is 10.6. The highest BCUT2D eigenvalue weighted by molar-refractivity contribution is 7.99. The summed E-state index contributed by atoms with van der Waals surface area (Å²) in [6.07, 6.45) is 5.38. The van der Waals surface area contributed by atoms with Gasteiger partial charge in [-0.15, -0.1) is 0 Å². The predicted molar refractivity (Wildman–Crippen MR) is 65.1 cm³/mol. The van der Waals surface area contributed by atoms with Gasteiger partial charge in [-0.2, -0.15) is 0 Å². The van der Waals surface area contributed by atoms with Gasteiger partial charge < -0.3 is 9.32 Å². The summed E-state index contributed by atoms with van der Waals surface area (Å²) >= 11 is 1.73. The van der Waals surface area contributed by atoms with Crippen molar-refractivity contribution >= 4 is 11.8 Å². The van der Waals surface area contributed by atoms with Crippen LogP contribution >= 0.6 is 11.8 Å². The van der Waals surface area contributed by atoms with E-state index in [1.165, 1.54) is 0 Å². The van der Waals surface area contributed by atoms with E-state index in [1.807, 2.05) is 22.9 Å². The van der Waals surface area contributed by atoms with Crippen molar-refractivity contribution in [2.24, 2.45) is 0 Å². The van der Waals surface area contributed by atoms with Crippen molar-refractivity contribution in [3.63, 3.8) is 0 Å². The van der Waals surface area contributed by atoms with Gasteiger partial charge in [0, 0.05) is 30.8 Å². The lowest BCUT2D eigenvalue weighted by molar-refractivity contribution is 0.437. The fraction of sp³-hybridized carbons (Fsp3) is 0.364. The van der Waals surface area contributed by atoms with Crippen LogP contribution in [0, 0.1) is 0 Å². The summed E-state index contributed by atoms with van der Waals surface area (Å²) in [4.78, 5) is 6.48. The normalized spacial score (nSPS) is 11.2. The largest absolute Gasteiger partial charge is 0.448 e. The van der Waals surface area contributed by atoms with Crippen molar-refractivity contribution in [3.05, 3.63) is 30.8 Å². The maximum absolute atomic E-state index is 5.35. The molecule has 0 aliphatic carbocycles. The van der Waals surface area contributed by atoms with Crippen molar-refractivity contribution in [2.75, 3.05) is 26.4 Å². The maximum atomic E-state index is 5.35. The molecule has 86 valence electrons. The lowest BCUT2D eigenvalue weighted by Crippen LogP contribution is -2.15. The molecule has 2 heterocycles. The number of rotatable bonds is 5. The van der Waals surface area contributed by atoms with Gasteiger partial charge in [0.2, 0.25) is 5.88 Å². The van der Waals surface area contributed by atoms with Crippen molar-refractivity contribution in [2.45, 2.75) is 5.16 Å². The first-order chi connectivity index (χ1) is 7.77. The summed E-state index contributed by atoms with van der Waals surface area (Å²) in [6.45, 7) is 1.04. The SMILES string of the molecule is CN(C)CCSc1nccn1-c1ccco1. The minimum absolute atomic E-state index is 0.810. The van der Waals surface area contributed by atoms with Gasteiger partial charge in [-0.05, 0) is 20.2 Å². The Kier molecular flexibility index (Phi) is 3.69. The van der Waals surface area contributed by atoms with Crippen LogP contribution < -0.4 is 0 Å². The van der Waals surface area contributed by atoms with Crippen molar-refractivity contribution < 1.29 is 4.42 Å². The molecule has 0 unspecified atom stereocenters. The van der Waals surface area contributed by atoms with Crippen LogP contribution in [0.4, 0.5) is 0 Å². The summed E-state index contributed by atoms with van der Waals surface area (Å²) in [5.74, 6) is 1.83. The molecular formula is C11H15N3OS. The van der Waals surface area contributed by atoms with Crippen LogP contribution in [0.3, 0.4) is 0 Å². The van der Waals surface area contributed by atoms with Gasteiger partial charge in [0.25, 0.3) is 0 Å². The predicted octanol–water partition coefficient (Wildman–Crippen LogP) is 2.12. The standard InChI is InChI=1S/C11H15N3OS/c1-13(2)7-9-16-11-12-5-6-14(11)10-4-3-8-15-10/h3-6,8H,7,9H2,1-2H3. The second-order valence-electron chi connectivity index (χ2n) is 3.68. The van der Waals surface area contributed by atoms with Crippen LogP contribution in [-0.2, 0) is 0 Å². The zero-order chi connectivity index (χ0) is 11.4. The highest BCUT2D eigenvalue weighted by atomic mass is 32.2. The van der Waals surface area contributed by atoms with Gasteiger partial charge in [0.05, 0.1) is 6.26 Å². The molecule has 0 aromatic carbocycles. The van der Waals surface area contributed by atoms with E-state index in [0.717, 1.165) is 23.3 Å². The average molecular weight is 237 g/mol. The Balaban J connectivity index is 2.03. The van der Waals surface area contributed by atoms with E-state index in [1.54, 1.807) is 24.2 Å². The van der Waals surface area contributed by atoms with E-state index in [4.69, 9.17) is 4.42 Å². The van der Waals surface area contributed by atoms with Gasteiger partial charge in [-0.3, -0.25) is 4.57 Å². The van der Waals surface area contributed by atoms with Gasteiger partial charge in [0.1, 0.15) is 0 Å². The highest BCUT2D eigenvalue weighted by Crippen LogP contribution is 2.20. The van der Waals surface area contributed by atoms with E-state index in [2.05, 4.69) is 24.0 Å². The molecule has 0 atom stereocenters. The Morgan fingerprint density at radius 1 is 1.50 bits per heavy atom. The van der Waals surface area contributed by atoms with Crippen molar-refractivity contribution in [3.8, 4) is 5.88 Å². The maximum Gasteiger partial charge on any atom is 0.205 e. The summed E-state index contributed by atoms with van der Waals surface area (Å²) in [5.41, 5.74) is 0.